The fourth-order valence-electron chi connectivity index (χ4n) is 6.79. The molecule has 3 heteroatoms. The van der Waals surface area contributed by atoms with Crippen molar-refractivity contribution in [3.63, 3.8) is 0 Å². The van der Waals surface area contributed by atoms with Gasteiger partial charge in [0.05, 0.1) is 4.47 Å². The molecule has 1 aliphatic heterocycles. The van der Waals surface area contributed by atoms with Gasteiger partial charge >= 0.3 is 0 Å². The minimum Gasteiger partial charge on any atom is -0.453 e. The largest absolute Gasteiger partial charge is 0.453 e. The molecule has 0 spiro atoms. The highest BCUT2D eigenvalue weighted by molar-refractivity contribution is 9.10. The molecule has 2 aromatic carbocycles. The number of halogens is 1. The summed E-state index contributed by atoms with van der Waals surface area (Å²) in [6, 6.07) is 9.27. The predicted octanol–water partition coefficient (Wildman–Crippen LogP) is 10.4. The van der Waals surface area contributed by atoms with E-state index in [0.29, 0.717) is 5.41 Å². The van der Waals surface area contributed by atoms with E-state index in [1.165, 1.54) is 40.8 Å². The SMILES string of the molecule is CC(C)(C)c1cc(Br)c2c(c1)C(C)(C)c1cc(C(C)(C)C)cc(N=C3C[C@H]4CC[C@]3(C)C4(C)C)c1O2. The summed E-state index contributed by atoms with van der Waals surface area (Å²) in [7, 11) is 0. The maximum absolute atomic E-state index is 6.83. The molecule has 1 heterocycles. The molecule has 2 nitrogen and oxygen atoms in total. The van der Waals surface area contributed by atoms with Crippen molar-refractivity contribution in [1.29, 1.82) is 0 Å². The lowest BCUT2D eigenvalue weighted by atomic mass is 9.70. The van der Waals surface area contributed by atoms with Gasteiger partial charge in [-0.25, -0.2) is 0 Å². The minimum absolute atomic E-state index is 0.0199. The number of hydrogen-bond acceptors (Lipinski definition) is 2. The summed E-state index contributed by atoms with van der Waals surface area (Å²) in [5.74, 6) is 2.59. The first kappa shape index (κ1) is 26.0. The summed E-state index contributed by atoms with van der Waals surface area (Å²) >= 11 is 3.88. The molecular weight excluding hydrogens is 506 g/mol. The van der Waals surface area contributed by atoms with Crippen LogP contribution >= 0.6 is 15.9 Å². The molecule has 0 amide bonds. The quantitative estimate of drug-likeness (QED) is 0.346. The van der Waals surface area contributed by atoms with E-state index < -0.39 is 0 Å². The molecule has 2 aromatic rings. The lowest BCUT2D eigenvalue weighted by molar-refractivity contribution is 0.194. The zero-order valence-corrected chi connectivity index (χ0v) is 25.8. The van der Waals surface area contributed by atoms with Crippen LogP contribution in [0.4, 0.5) is 5.69 Å². The molecule has 0 saturated heterocycles. The molecule has 0 N–H and O–H groups in total. The van der Waals surface area contributed by atoms with E-state index >= 15 is 0 Å². The molecule has 2 bridgehead atoms. The van der Waals surface area contributed by atoms with Crippen LogP contribution in [0.25, 0.3) is 0 Å². The molecule has 0 aromatic heterocycles. The van der Waals surface area contributed by atoms with E-state index in [2.05, 4.69) is 116 Å². The highest BCUT2D eigenvalue weighted by Gasteiger charge is 2.59. The summed E-state index contributed by atoms with van der Waals surface area (Å²) in [4.78, 5) is 5.50. The lowest BCUT2D eigenvalue weighted by Crippen LogP contribution is -2.32. The van der Waals surface area contributed by atoms with Crippen LogP contribution in [0.2, 0.25) is 0 Å². The van der Waals surface area contributed by atoms with Gasteiger partial charge in [0.25, 0.3) is 0 Å². The number of ether oxygens (including phenoxy) is 1. The van der Waals surface area contributed by atoms with Crippen LogP contribution in [-0.4, -0.2) is 5.71 Å². The van der Waals surface area contributed by atoms with E-state index in [4.69, 9.17) is 9.73 Å². The average molecular weight is 551 g/mol. The van der Waals surface area contributed by atoms with Gasteiger partial charge in [0.2, 0.25) is 0 Å². The first-order valence-corrected chi connectivity index (χ1v) is 14.5. The molecule has 0 radical (unpaired) electrons. The topological polar surface area (TPSA) is 21.6 Å². The fraction of sp³-hybridized carbons (Fsp3) is 0.606. The highest BCUT2D eigenvalue weighted by Crippen LogP contribution is 2.65. The summed E-state index contributed by atoms with van der Waals surface area (Å²) in [6.07, 6.45) is 3.67. The first-order chi connectivity index (χ1) is 16.4. The van der Waals surface area contributed by atoms with Gasteiger partial charge in [-0.2, -0.15) is 0 Å². The highest BCUT2D eigenvalue weighted by atomic mass is 79.9. The van der Waals surface area contributed by atoms with Gasteiger partial charge in [-0.1, -0.05) is 88.3 Å². The van der Waals surface area contributed by atoms with Crippen molar-refractivity contribution in [2.45, 2.75) is 112 Å². The predicted molar refractivity (Wildman–Crippen MR) is 157 cm³/mol. The van der Waals surface area contributed by atoms with Gasteiger partial charge in [0.1, 0.15) is 11.4 Å². The van der Waals surface area contributed by atoms with Crippen LogP contribution in [0, 0.1) is 16.7 Å². The first-order valence-electron chi connectivity index (χ1n) is 13.7. The molecule has 3 aliphatic rings. The molecular formula is C33H44BrNO. The molecule has 2 atom stereocenters. The number of benzene rings is 2. The number of rotatable bonds is 1. The second-order valence-electron chi connectivity index (χ2n) is 15.0. The van der Waals surface area contributed by atoms with Gasteiger partial charge in [0, 0.05) is 27.7 Å². The van der Waals surface area contributed by atoms with Crippen LogP contribution in [0.15, 0.2) is 33.7 Å². The molecule has 36 heavy (non-hydrogen) atoms. The van der Waals surface area contributed by atoms with Crippen LogP contribution in [0.1, 0.15) is 118 Å². The zero-order valence-electron chi connectivity index (χ0n) is 24.2. The average Bonchev–Trinajstić information content (AvgIpc) is 3.07. The molecule has 2 fully saturated rings. The summed E-state index contributed by atoms with van der Waals surface area (Å²) in [5, 5.41) is 0. The Labute approximate surface area is 227 Å². The summed E-state index contributed by atoms with van der Waals surface area (Å²) in [5.41, 5.74) is 7.82. The minimum atomic E-state index is -0.208. The normalized spacial score (nSPS) is 27.1. The van der Waals surface area contributed by atoms with Crippen molar-refractivity contribution < 1.29 is 4.74 Å². The third-order valence-corrected chi connectivity index (χ3v) is 10.8. The Bertz CT molecular complexity index is 1280. The van der Waals surface area contributed by atoms with E-state index in [9.17, 15) is 0 Å². The van der Waals surface area contributed by atoms with Crippen molar-refractivity contribution in [3.8, 4) is 11.5 Å². The smallest absolute Gasteiger partial charge is 0.157 e. The maximum Gasteiger partial charge on any atom is 0.157 e. The Morgan fingerprint density at radius 1 is 0.833 bits per heavy atom. The Morgan fingerprint density at radius 3 is 1.89 bits per heavy atom. The number of fused-ring (bicyclic) bond motifs is 4. The van der Waals surface area contributed by atoms with Gasteiger partial charge in [-0.15, -0.1) is 0 Å². The standard InChI is InChI=1S/C33H44BrNO/c1-29(2,3)20-14-22-27(24(34)16-20)36-28-23(31(22,7)8)15-21(30(4,5)6)17-25(28)35-26-18-19-12-13-33(26,11)32(19,9)10/h14-17,19H,12-13,18H2,1-11H3/t19-,33+/m1/s1. The number of nitrogens with zero attached hydrogens (tertiary/aromatic N) is 1. The number of aliphatic imine (C=N–C) groups is 1. The second-order valence-corrected chi connectivity index (χ2v) is 15.8. The van der Waals surface area contributed by atoms with Gasteiger partial charge in [-0.3, -0.25) is 4.99 Å². The van der Waals surface area contributed by atoms with E-state index in [-0.39, 0.29) is 21.7 Å². The third-order valence-electron chi connectivity index (χ3n) is 10.2. The number of hydrogen-bond donors (Lipinski definition) is 0. The van der Waals surface area contributed by atoms with Crippen molar-refractivity contribution >= 4 is 27.3 Å². The van der Waals surface area contributed by atoms with Gasteiger partial charge in [-0.05, 0) is 80.6 Å². The zero-order chi connectivity index (χ0) is 26.6. The van der Waals surface area contributed by atoms with Crippen molar-refractivity contribution in [1.82, 2.24) is 0 Å². The monoisotopic (exact) mass is 549 g/mol. The Balaban J connectivity index is 1.74. The van der Waals surface area contributed by atoms with Crippen LogP contribution in [0.3, 0.4) is 0 Å². The van der Waals surface area contributed by atoms with Crippen LogP contribution in [0.5, 0.6) is 11.5 Å². The van der Waals surface area contributed by atoms with E-state index in [0.717, 1.165) is 34.0 Å². The van der Waals surface area contributed by atoms with Crippen molar-refractivity contribution in [2.24, 2.45) is 21.7 Å². The van der Waals surface area contributed by atoms with E-state index in [1.54, 1.807) is 0 Å². The second kappa shape index (κ2) is 7.71. The molecule has 2 saturated carbocycles. The van der Waals surface area contributed by atoms with Gasteiger partial charge in [0.15, 0.2) is 5.75 Å². The van der Waals surface area contributed by atoms with Crippen LogP contribution < -0.4 is 4.74 Å². The molecule has 194 valence electrons. The van der Waals surface area contributed by atoms with Crippen molar-refractivity contribution in [3.05, 3.63) is 51.0 Å². The molecule has 2 aliphatic carbocycles. The maximum atomic E-state index is 6.83. The third kappa shape index (κ3) is 3.66. The Morgan fingerprint density at radius 2 is 1.39 bits per heavy atom. The van der Waals surface area contributed by atoms with Crippen LogP contribution in [-0.2, 0) is 16.2 Å². The Hall–Kier alpha value is -1.61. The summed E-state index contributed by atoms with van der Waals surface area (Å²) < 4.78 is 7.85. The van der Waals surface area contributed by atoms with Crippen molar-refractivity contribution in [2.75, 3.05) is 0 Å². The molecule has 5 rings (SSSR count). The Kier molecular flexibility index (Phi) is 5.57. The molecule has 0 unspecified atom stereocenters. The van der Waals surface area contributed by atoms with E-state index in [1.807, 2.05) is 0 Å². The summed E-state index contributed by atoms with van der Waals surface area (Å²) in [6.45, 7) is 25.8. The lowest BCUT2D eigenvalue weighted by Gasteiger charge is -2.38. The van der Waals surface area contributed by atoms with Gasteiger partial charge < -0.3 is 4.74 Å². The fourth-order valence-corrected chi connectivity index (χ4v) is 7.33.